The van der Waals surface area contributed by atoms with Gasteiger partial charge in [-0.2, -0.15) is 0 Å². The van der Waals surface area contributed by atoms with E-state index in [1.807, 2.05) is 0 Å². The molecule has 0 saturated carbocycles. The Morgan fingerprint density at radius 3 is 2.83 bits per heavy atom. The summed E-state index contributed by atoms with van der Waals surface area (Å²) in [5.74, 6) is 0.692. The minimum Gasteiger partial charge on any atom is -0.309 e. The van der Waals surface area contributed by atoms with E-state index in [1.165, 1.54) is 17.8 Å². The summed E-state index contributed by atoms with van der Waals surface area (Å²) < 4.78 is 13.8. The van der Waals surface area contributed by atoms with Crippen molar-refractivity contribution in [1.29, 1.82) is 0 Å². The molecule has 0 aliphatic carbocycles. The average Bonchev–Trinajstić information content (AvgIpc) is 2.35. The van der Waals surface area contributed by atoms with Crippen molar-refractivity contribution in [2.75, 3.05) is 0 Å². The van der Waals surface area contributed by atoms with E-state index >= 15 is 0 Å². The van der Waals surface area contributed by atoms with Crippen LogP contribution in [-0.4, -0.2) is 9.97 Å². The fourth-order valence-electron chi connectivity index (χ4n) is 1.41. The molecule has 2 rings (SSSR count). The van der Waals surface area contributed by atoms with Crippen LogP contribution in [0.1, 0.15) is 11.5 Å². The molecule has 1 aromatic heterocycles. The van der Waals surface area contributed by atoms with Gasteiger partial charge in [-0.25, -0.2) is 9.37 Å². The lowest BCUT2D eigenvalue weighted by molar-refractivity contribution is 0.602. The van der Waals surface area contributed by atoms with Crippen LogP contribution in [0.5, 0.6) is 0 Å². The van der Waals surface area contributed by atoms with Crippen LogP contribution in [0, 0.1) is 12.7 Å². The van der Waals surface area contributed by atoms with E-state index in [2.05, 4.69) is 25.9 Å². The summed E-state index contributed by atoms with van der Waals surface area (Å²) in [6.45, 7) is 1.75. The van der Waals surface area contributed by atoms with Crippen molar-refractivity contribution in [2.24, 2.45) is 0 Å². The van der Waals surface area contributed by atoms with Crippen LogP contribution in [0.3, 0.4) is 0 Å². The van der Waals surface area contributed by atoms with Crippen LogP contribution in [0.4, 0.5) is 4.39 Å². The molecule has 2 aromatic rings. The fourth-order valence-corrected chi connectivity index (χ4v) is 2.40. The molecule has 0 aliphatic heterocycles. The molecular weight excluding hydrogens is 319 g/mol. The minimum absolute atomic E-state index is 0.216. The first-order valence-corrected chi connectivity index (χ1v) is 6.98. The molecule has 0 spiro atoms. The van der Waals surface area contributed by atoms with Gasteiger partial charge < -0.3 is 4.98 Å². The quantitative estimate of drug-likeness (QED) is 0.879. The maximum absolute atomic E-state index is 13.4. The molecule has 0 saturated heterocycles. The van der Waals surface area contributed by atoms with Gasteiger partial charge in [0.1, 0.15) is 16.1 Å². The van der Waals surface area contributed by atoms with Crippen molar-refractivity contribution < 1.29 is 4.39 Å². The minimum atomic E-state index is -0.265. The van der Waals surface area contributed by atoms with Gasteiger partial charge in [-0.05, 0) is 35.0 Å². The molecule has 6 heteroatoms. The Kier molecular flexibility index (Phi) is 4.19. The number of rotatable bonds is 3. The molecular formula is C12H10BrFN2OS. The number of nitrogens with zero attached hydrogens (tertiary/aromatic N) is 1. The molecule has 94 valence electrons. The number of hydrogen-bond donors (Lipinski definition) is 1. The number of thioether (sulfide) groups is 1. The van der Waals surface area contributed by atoms with Gasteiger partial charge in [0.2, 0.25) is 0 Å². The summed E-state index contributed by atoms with van der Waals surface area (Å²) in [5, 5.41) is 0. The predicted octanol–water partition coefficient (Wildman–Crippen LogP) is 3.27. The number of aryl methyl sites for hydroxylation is 1. The van der Waals surface area contributed by atoms with E-state index < -0.39 is 0 Å². The standard InChI is InChI=1S/C12H10BrFN2OS/c1-7-11(13)12(17)16-10(15-7)6-18-9-5-3-2-4-8(9)14/h2-5H,6H2,1H3,(H,15,16,17). The Labute approximate surface area is 116 Å². The number of aromatic amines is 1. The number of benzene rings is 1. The highest BCUT2D eigenvalue weighted by atomic mass is 79.9. The second-order valence-corrected chi connectivity index (χ2v) is 5.44. The van der Waals surface area contributed by atoms with Gasteiger partial charge in [0, 0.05) is 4.90 Å². The van der Waals surface area contributed by atoms with Crippen molar-refractivity contribution in [2.45, 2.75) is 17.6 Å². The molecule has 1 heterocycles. The van der Waals surface area contributed by atoms with Crippen LogP contribution in [0.25, 0.3) is 0 Å². The number of aromatic nitrogens is 2. The average molecular weight is 329 g/mol. The smallest absolute Gasteiger partial charge is 0.265 e. The zero-order valence-corrected chi connectivity index (χ0v) is 11.9. The highest BCUT2D eigenvalue weighted by Gasteiger charge is 2.07. The van der Waals surface area contributed by atoms with Gasteiger partial charge in [-0.15, -0.1) is 11.8 Å². The molecule has 1 aromatic carbocycles. The van der Waals surface area contributed by atoms with E-state index in [0.29, 0.717) is 26.6 Å². The number of nitrogens with one attached hydrogen (secondary N) is 1. The normalized spacial score (nSPS) is 10.6. The monoisotopic (exact) mass is 328 g/mol. The van der Waals surface area contributed by atoms with Crippen molar-refractivity contribution in [1.82, 2.24) is 9.97 Å². The van der Waals surface area contributed by atoms with E-state index in [9.17, 15) is 9.18 Å². The first kappa shape index (κ1) is 13.3. The van der Waals surface area contributed by atoms with Crippen molar-refractivity contribution >= 4 is 27.7 Å². The Morgan fingerprint density at radius 1 is 1.44 bits per heavy atom. The van der Waals surface area contributed by atoms with Crippen molar-refractivity contribution in [3.63, 3.8) is 0 Å². The third-order valence-electron chi connectivity index (χ3n) is 2.28. The second kappa shape index (κ2) is 5.67. The molecule has 1 N–H and O–H groups in total. The maximum atomic E-state index is 13.4. The molecule has 0 atom stereocenters. The van der Waals surface area contributed by atoms with E-state index in [1.54, 1.807) is 25.1 Å². The SMILES string of the molecule is Cc1nc(CSc2ccccc2F)[nH]c(=O)c1Br. The molecule has 3 nitrogen and oxygen atoms in total. The zero-order valence-electron chi connectivity index (χ0n) is 9.54. The molecule has 0 radical (unpaired) electrons. The van der Waals surface area contributed by atoms with Gasteiger partial charge in [-0.1, -0.05) is 12.1 Å². The molecule has 0 amide bonds. The fraction of sp³-hybridized carbons (Fsp3) is 0.167. The highest BCUT2D eigenvalue weighted by molar-refractivity contribution is 9.10. The van der Waals surface area contributed by atoms with Gasteiger partial charge in [-0.3, -0.25) is 4.79 Å². The summed E-state index contributed by atoms with van der Waals surface area (Å²) in [6, 6.07) is 6.52. The van der Waals surface area contributed by atoms with Crippen LogP contribution >= 0.6 is 27.7 Å². The van der Waals surface area contributed by atoms with E-state index in [4.69, 9.17) is 0 Å². The molecule has 0 aliphatic rings. The predicted molar refractivity (Wildman–Crippen MR) is 73.3 cm³/mol. The van der Waals surface area contributed by atoms with Gasteiger partial charge in [0.25, 0.3) is 5.56 Å². The highest BCUT2D eigenvalue weighted by Crippen LogP contribution is 2.24. The van der Waals surface area contributed by atoms with Gasteiger partial charge >= 0.3 is 0 Å². The second-order valence-electron chi connectivity index (χ2n) is 3.63. The lowest BCUT2D eigenvalue weighted by Crippen LogP contribution is -2.13. The van der Waals surface area contributed by atoms with Gasteiger partial charge in [0.05, 0.1) is 11.4 Å². The number of hydrogen-bond acceptors (Lipinski definition) is 3. The molecule has 0 bridgehead atoms. The van der Waals surface area contributed by atoms with Crippen LogP contribution in [-0.2, 0) is 5.75 Å². The molecule has 0 unspecified atom stereocenters. The largest absolute Gasteiger partial charge is 0.309 e. The van der Waals surface area contributed by atoms with Crippen LogP contribution < -0.4 is 5.56 Å². The van der Waals surface area contributed by atoms with Crippen LogP contribution in [0.2, 0.25) is 0 Å². The summed E-state index contributed by atoms with van der Waals surface area (Å²) in [6.07, 6.45) is 0. The summed E-state index contributed by atoms with van der Waals surface area (Å²) in [4.78, 5) is 18.9. The first-order valence-electron chi connectivity index (χ1n) is 5.20. The zero-order chi connectivity index (χ0) is 13.1. The number of H-pyrrole nitrogens is 1. The summed E-state index contributed by atoms with van der Waals surface area (Å²) in [7, 11) is 0. The maximum Gasteiger partial charge on any atom is 0.265 e. The summed E-state index contributed by atoms with van der Waals surface area (Å²) in [5.41, 5.74) is 0.412. The Morgan fingerprint density at radius 2 is 2.17 bits per heavy atom. The van der Waals surface area contributed by atoms with E-state index in [-0.39, 0.29) is 11.4 Å². The third kappa shape index (κ3) is 3.00. The van der Waals surface area contributed by atoms with Crippen LogP contribution in [0.15, 0.2) is 38.4 Å². The molecule has 0 fully saturated rings. The lowest BCUT2D eigenvalue weighted by atomic mass is 10.3. The van der Waals surface area contributed by atoms with Crippen molar-refractivity contribution in [3.8, 4) is 0 Å². The Hall–Kier alpha value is -1.14. The molecule has 18 heavy (non-hydrogen) atoms. The lowest BCUT2D eigenvalue weighted by Gasteiger charge is -2.04. The Balaban J connectivity index is 2.17. The van der Waals surface area contributed by atoms with E-state index in [0.717, 1.165) is 0 Å². The third-order valence-corrected chi connectivity index (χ3v) is 4.27. The Bertz CT molecular complexity index is 630. The van der Waals surface area contributed by atoms with Gasteiger partial charge in [0.15, 0.2) is 0 Å². The first-order chi connectivity index (χ1) is 8.58. The van der Waals surface area contributed by atoms with Crippen molar-refractivity contribution in [3.05, 3.63) is 56.4 Å². The number of halogens is 2. The summed E-state index contributed by atoms with van der Waals surface area (Å²) >= 11 is 4.45. The topological polar surface area (TPSA) is 45.8 Å².